The molecule has 5 aliphatic rings. The van der Waals surface area contributed by atoms with Crippen molar-refractivity contribution in [3.05, 3.63) is 0 Å². The number of hydrogen-bond acceptors (Lipinski definition) is 1. The Labute approximate surface area is 93.1 Å². The van der Waals surface area contributed by atoms with Crippen LogP contribution in [-0.2, 0) is 4.74 Å². The first kappa shape index (κ1) is 7.76. The van der Waals surface area contributed by atoms with E-state index in [0.717, 1.165) is 36.5 Å². The van der Waals surface area contributed by atoms with Crippen LogP contribution in [0.3, 0.4) is 0 Å². The van der Waals surface area contributed by atoms with Crippen molar-refractivity contribution in [3.63, 3.8) is 0 Å². The highest BCUT2D eigenvalue weighted by Gasteiger charge is 2.82. The predicted octanol–water partition coefficient (Wildman–Crippen LogP) is 2.81. The van der Waals surface area contributed by atoms with Gasteiger partial charge in [-0.2, -0.15) is 0 Å². The van der Waals surface area contributed by atoms with Crippen molar-refractivity contribution in [3.8, 4) is 0 Å². The van der Waals surface area contributed by atoms with E-state index in [1.165, 1.54) is 6.42 Å². The fraction of sp³-hybridized carbons (Fsp3) is 1.00. The zero-order valence-electron chi connectivity index (χ0n) is 7.75. The summed E-state index contributed by atoms with van der Waals surface area (Å²) in [4.78, 5) is 0. The molecule has 0 N–H and O–H groups in total. The van der Waals surface area contributed by atoms with Crippen molar-refractivity contribution in [1.82, 2.24) is 0 Å². The van der Waals surface area contributed by atoms with Crippen LogP contribution in [-0.4, -0.2) is 10.1 Å². The third kappa shape index (κ3) is 0.522. The lowest BCUT2D eigenvalue weighted by Gasteiger charge is -2.24. The first-order chi connectivity index (χ1) is 6.62. The summed E-state index contributed by atoms with van der Waals surface area (Å²) < 4.78 is 6.04. The van der Waals surface area contributed by atoms with Gasteiger partial charge in [-0.05, 0) is 42.9 Å². The number of ether oxygens (including phenoxy) is 1. The van der Waals surface area contributed by atoms with E-state index in [4.69, 9.17) is 27.9 Å². The van der Waals surface area contributed by atoms with Crippen LogP contribution in [0.25, 0.3) is 0 Å². The van der Waals surface area contributed by atoms with E-state index in [1.807, 2.05) is 0 Å². The molecule has 5 fully saturated rings. The molecule has 0 amide bonds. The molecule has 0 radical (unpaired) electrons. The fourth-order valence-electron chi connectivity index (χ4n) is 5.85. The number of hydrogen-bond donors (Lipinski definition) is 0. The minimum atomic E-state index is -0.359. The predicted molar refractivity (Wildman–Crippen MR) is 53.0 cm³/mol. The molecule has 14 heavy (non-hydrogen) atoms. The van der Waals surface area contributed by atoms with E-state index < -0.39 is 0 Å². The van der Waals surface area contributed by atoms with E-state index in [-0.39, 0.29) is 10.1 Å². The molecule has 5 rings (SSSR count). The van der Waals surface area contributed by atoms with Gasteiger partial charge in [0.2, 0.25) is 0 Å². The molecule has 2 bridgehead atoms. The second-order valence-corrected chi connectivity index (χ2v) is 7.30. The molecule has 1 saturated heterocycles. The molecule has 0 aromatic heterocycles. The Hall–Kier alpha value is 0.540. The highest BCUT2D eigenvalue weighted by molar-refractivity contribution is 6.27. The maximum Gasteiger partial charge on any atom is 0.147 e. The summed E-state index contributed by atoms with van der Waals surface area (Å²) in [6.45, 7) is 0. The molecule has 1 nitrogen and oxygen atoms in total. The van der Waals surface area contributed by atoms with Crippen LogP contribution in [0.4, 0.5) is 0 Å². The minimum absolute atomic E-state index is 0.359. The molecule has 0 unspecified atom stereocenters. The summed E-state index contributed by atoms with van der Waals surface area (Å²) >= 11 is 13.2. The molecule has 0 aromatic carbocycles. The lowest BCUT2D eigenvalue weighted by Crippen LogP contribution is -2.27. The number of fused-ring (bicyclic) bond motifs is 1. The van der Waals surface area contributed by atoms with Crippen LogP contribution in [0.2, 0.25) is 0 Å². The summed E-state index contributed by atoms with van der Waals surface area (Å²) in [5.41, 5.74) is 0. The largest absolute Gasteiger partial charge is 0.337 e. The summed E-state index contributed by atoms with van der Waals surface area (Å²) in [5.74, 6) is 4.60. The average Bonchev–Trinajstić information content (AvgIpc) is 2.69. The highest BCUT2D eigenvalue weighted by atomic mass is 35.5. The van der Waals surface area contributed by atoms with Gasteiger partial charge < -0.3 is 4.74 Å². The van der Waals surface area contributed by atoms with Crippen LogP contribution in [0.5, 0.6) is 0 Å². The van der Waals surface area contributed by atoms with Gasteiger partial charge in [-0.15, -0.1) is 0 Å². The Balaban J connectivity index is 1.86. The molecule has 0 aromatic rings. The minimum Gasteiger partial charge on any atom is -0.337 e. The number of rotatable bonds is 0. The van der Waals surface area contributed by atoms with Crippen LogP contribution in [0, 0.1) is 35.5 Å². The van der Waals surface area contributed by atoms with Gasteiger partial charge in [-0.25, -0.2) is 0 Å². The Bertz CT molecular complexity index is 323. The van der Waals surface area contributed by atoms with E-state index >= 15 is 0 Å². The van der Waals surface area contributed by atoms with E-state index in [9.17, 15) is 0 Å². The van der Waals surface area contributed by atoms with Crippen LogP contribution >= 0.6 is 23.2 Å². The quantitative estimate of drug-likeness (QED) is 0.582. The van der Waals surface area contributed by atoms with E-state index in [2.05, 4.69) is 0 Å². The molecule has 4 saturated carbocycles. The molecule has 76 valence electrons. The Morgan fingerprint density at radius 2 is 1.36 bits per heavy atom. The second-order valence-electron chi connectivity index (χ2n) is 6.03. The Morgan fingerprint density at radius 3 is 1.86 bits per heavy atom. The van der Waals surface area contributed by atoms with Gasteiger partial charge in [0.25, 0.3) is 0 Å². The monoisotopic (exact) mass is 230 g/mol. The maximum absolute atomic E-state index is 6.62. The Kier molecular flexibility index (Phi) is 0.989. The first-order valence-electron chi connectivity index (χ1n) is 5.70. The van der Waals surface area contributed by atoms with Crippen molar-refractivity contribution in [2.24, 2.45) is 35.5 Å². The molecule has 1 aliphatic heterocycles. The summed E-state index contributed by atoms with van der Waals surface area (Å²) in [5, 5.41) is -0.719. The van der Waals surface area contributed by atoms with Crippen LogP contribution in [0.15, 0.2) is 0 Å². The summed E-state index contributed by atoms with van der Waals surface area (Å²) in [6.07, 6.45) is 3.56. The van der Waals surface area contributed by atoms with Crippen molar-refractivity contribution in [2.45, 2.75) is 29.4 Å². The lowest BCUT2D eigenvalue weighted by molar-refractivity contribution is -0.0159. The van der Waals surface area contributed by atoms with Gasteiger partial charge in [0.05, 0.1) is 0 Å². The topological polar surface area (TPSA) is 9.23 Å². The van der Waals surface area contributed by atoms with Gasteiger partial charge in [0.1, 0.15) is 10.1 Å². The normalized spacial score (nSPS) is 81.0. The van der Waals surface area contributed by atoms with Gasteiger partial charge in [0.15, 0.2) is 0 Å². The zero-order valence-corrected chi connectivity index (χ0v) is 9.26. The molecular weight excluding hydrogens is 219 g/mol. The second kappa shape index (κ2) is 1.78. The van der Waals surface area contributed by atoms with E-state index in [1.54, 1.807) is 0 Å². The molecule has 4 aliphatic carbocycles. The third-order valence-electron chi connectivity index (χ3n) is 5.87. The van der Waals surface area contributed by atoms with Gasteiger partial charge in [-0.1, -0.05) is 23.2 Å². The van der Waals surface area contributed by atoms with Crippen LogP contribution < -0.4 is 0 Å². The Morgan fingerprint density at radius 1 is 0.857 bits per heavy atom. The van der Waals surface area contributed by atoms with Crippen molar-refractivity contribution >= 4 is 23.2 Å². The zero-order chi connectivity index (χ0) is 9.29. The van der Waals surface area contributed by atoms with Crippen molar-refractivity contribution < 1.29 is 4.74 Å². The molecule has 0 spiro atoms. The molecule has 1 heterocycles. The van der Waals surface area contributed by atoms with E-state index in [0.29, 0.717) is 11.8 Å². The van der Waals surface area contributed by atoms with Gasteiger partial charge in [0, 0.05) is 11.8 Å². The van der Waals surface area contributed by atoms with Gasteiger partial charge in [-0.3, -0.25) is 0 Å². The molecular formula is C11H12Cl2O. The molecule has 8 atom stereocenters. The summed E-state index contributed by atoms with van der Waals surface area (Å²) in [6, 6.07) is 0. The van der Waals surface area contributed by atoms with Crippen molar-refractivity contribution in [1.29, 1.82) is 0 Å². The SMILES string of the molecule is Cl[C@]12C[C@@H]3[C@H]4C[C@](Cl)(O1)[C@@H]1[C@H]4C[C@H]3[C@@H]12. The number of halogens is 2. The van der Waals surface area contributed by atoms with Crippen molar-refractivity contribution in [2.75, 3.05) is 0 Å². The van der Waals surface area contributed by atoms with Gasteiger partial charge >= 0.3 is 0 Å². The first-order valence-corrected chi connectivity index (χ1v) is 6.46. The third-order valence-corrected chi connectivity index (χ3v) is 6.83. The lowest BCUT2D eigenvalue weighted by atomic mass is 9.80. The molecule has 3 heteroatoms. The average molecular weight is 231 g/mol. The highest BCUT2D eigenvalue weighted by Crippen LogP contribution is 2.82. The standard InChI is InChI=1S/C11H12Cl2O/c12-10-2-6-4-1-5-7(6)3-11(13,14-10)9(5)8(4)10/h4-9H,1-3H2/t4-,5+,6-,7-,8+,9-,10-,11+/m0/s1. The van der Waals surface area contributed by atoms with Crippen LogP contribution in [0.1, 0.15) is 19.3 Å². The fourth-order valence-corrected chi connectivity index (χ4v) is 7.12. The maximum atomic E-state index is 6.62. The summed E-state index contributed by atoms with van der Waals surface area (Å²) in [7, 11) is 0. The smallest absolute Gasteiger partial charge is 0.147 e. The number of alkyl halides is 2.